The molecule has 2 rings (SSSR count). The highest BCUT2D eigenvalue weighted by atomic mass is 35.5. The van der Waals surface area contributed by atoms with Crippen LogP contribution in [0.4, 0.5) is 5.82 Å². The molecule has 1 unspecified atom stereocenters. The quantitative estimate of drug-likeness (QED) is 0.738. The van der Waals surface area contributed by atoms with Crippen LogP contribution in [0.25, 0.3) is 0 Å². The predicted molar refractivity (Wildman–Crippen MR) is 61.4 cm³/mol. The van der Waals surface area contributed by atoms with Gasteiger partial charge in [0.05, 0.1) is 17.7 Å². The van der Waals surface area contributed by atoms with Gasteiger partial charge in [-0.25, -0.2) is 4.98 Å². The number of alkyl halides is 1. The maximum absolute atomic E-state index is 5.76. The molecule has 0 bridgehead atoms. The van der Waals surface area contributed by atoms with Gasteiger partial charge in [0.15, 0.2) is 0 Å². The Morgan fingerprint density at radius 1 is 1.60 bits per heavy atom. The van der Waals surface area contributed by atoms with Crippen molar-refractivity contribution in [1.29, 1.82) is 0 Å². The molecule has 1 aliphatic rings. The van der Waals surface area contributed by atoms with Crippen LogP contribution in [0.15, 0.2) is 18.2 Å². The second-order valence-electron chi connectivity index (χ2n) is 3.71. The van der Waals surface area contributed by atoms with Gasteiger partial charge in [-0.05, 0) is 18.6 Å². The van der Waals surface area contributed by atoms with Crippen molar-refractivity contribution in [1.82, 2.24) is 4.98 Å². The summed E-state index contributed by atoms with van der Waals surface area (Å²) in [6.45, 7) is 1.94. The molecule has 1 aliphatic heterocycles. The number of methoxy groups -OCH3 is 1. The van der Waals surface area contributed by atoms with Gasteiger partial charge in [-0.2, -0.15) is 0 Å². The van der Waals surface area contributed by atoms with Crippen molar-refractivity contribution in [2.75, 3.05) is 25.1 Å². The zero-order valence-corrected chi connectivity index (χ0v) is 9.57. The molecule has 1 aromatic rings. The SMILES string of the molecule is COC1CCN(c2cccc(CCl)n2)C1. The number of halogens is 1. The summed E-state index contributed by atoms with van der Waals surface area (Å²) in [6.07, 6.45) is 1.41. The first kappa shape index (κ1) is 10.7. The van der Waals surface area contributed by atoms with Crippen LogP contribution in [-0.2, 0) is 10.6 Å². The van der Waals surface area contributed by atoms with E-state index < -0.39 is 0 Å². The first-order valence-electron chi connectivity index (χ1n) is 5.13. The fourth-order valence-corrected chi connectivity index (χ4v) is 1.99. The molecule has 0 spiro atoms. The van der Waals surface area contributed by atoms with Gasteiger partial charge >= 0.3 is 0 Å². The van der Waals surface area contributed by atoms with E-state index in [2.05, 4.69) is 9.88 Å². The molecular weight excluding hydrogens is 212 g/mol. The molecule has 0 aliphatic carbocycles. The lowest BCUT2D eigenvalue weighted by atomic mass is 10.3. The van der Waals surface area contributed by atoms with Crippen molar-refractivity contribution in [3.05, 3.63) is 23.9 Å². The molecule has 1 saturated heterocycles. The van der Waals surface area contributed by atoms with Crippen molar-refractivity contribution in [3.63, 3.8) is 0 Å². The van der Waals surface area contributed by atoms with Gasteiger partial charge in [0.2, 0.25) is 0 Å². The number of pyridine rings is 1. The molecule has 3 nitrogen and oxygen atoms in total. The smallest absolute Gasteiger partial charge is 0.128 e. The molecule has 0 aromatic carbocycles. The average molecular weight is 227 g/mol. The Bertz CT molecular complexity index is 332. The van der Waals surface area contributed by atoms with Crippen LogP contribution in [0.5, 0.6) is 0 Å². The molecule has 0 radical (unpaired) electrons. The summed E-state index contributed by atoms with van der Waals surface area (Å²) in [5, 5.41) is 0. The Morgan fingerprint density at radius 2 is 2.47 bits per heavy atom. The van der Waals surface area contributed by atoms with Crippen LogP contribution in [0.3, 0.4) is 0 Å². The zero-order chi connectivity index (χ0) is 10.7. The van der Waals surface area contributed by atoms with E-state index in [9.17, 15) is 0 Å². The Labute approximate surface area is 95.0 Å². The second-order valence-corrected chi connectivity index (χ2v) is 3.98. The van der Waals surface area contributed by atoms with Gasteiger partial charge in [0.1, 0.15) is 5.82 Å². The Hall–Kier alpha value is -0.800. The largest absolute Gasteiger partial charge is 0.380 e. The zero-order valence-electron chi connectivity index (χ0n) is 8.82. The molecule has 2 heterocycles. The van der Waals surface area contributed by atoms with Gasteiger partial charge in [0, 0.05) is 20.2 Å². The van der Waals surface area contributed by atoms with Crippen LogP contribution in [0, 0.1) is 0 Å². The van der Waals surface area contributed by atoms with Crippen LogP contribution in [-0.4, -0.2) is 31.3 Å². The topological polar surface area (TPSA) is 25.4 Å². The van der Waals surface area contributed by atoms with E-state index in [0.717, 1.165) is 31.0 Å². The summed E-state index contributed by atoms with van der Waals surface area (Å²) in [5.74, 6) is 1.47. The van der Waals surface area contributed by atoms with Crippen LogP contribution in [0.1, 0.15) is 12.1 Å². The van der Waals surface area contributed by atoms with E-state index in [0.29, 0.717) is 12.0 Å². The lowest BCUT2D eigenvalue weighted by Crippen LogP contribution is -2.23. The molecule has 15 heavy (non-hydrogen) atoms. The Morgan fingerprint density at radius 3 is 3.13 bits per heavy atom. The summed E-state index contributed by atoms with van der Waals surface area (Å²) in [7, 11) is 1.76. The summed E-state index contributed by atoms with van der Waals surface area (Å²) in [5.41, 5.74) is 0.926. The van der Waals surface area contributed by atoms with E-state index in [4.69, 9.17) is 16.3 Å². The van der Waals surface area contributed by atoms with Crippen molar-refractivity contribution >= 4 is 17.4 Å². The lowest BCUT2D eigenvalue weighted by Gasteiger charge is -2.17. The summed E-state index contributed by atoms with van der Waals surface area (Å²) in [4.78, 5) is 6.72. The van der Waals surface area contributed by atoms with E-state index >= 15 is 0 Å². The number of aromatic nitrogens is 1. The third kappa shape index (κ3) is 2.41. The molecule has 0 saturated carbocycles. The summed E-state index contributed by atoms with van der Waals surface area (Å²) >= 11 is 5.76. The van der Waals surface area contributed by atoms with Gasteiger partial charge in [0.25, 0.3) is 0 Å². The third-order valence-electron chi connectivity index (χ3n) is 2.73. The van der Waals surface area contributed by atoms with E-state index in [1.807, 2.05) is 18.2 Å². The van der Waals surface area contributed by atoms with Gasteiger partial charge in [-0.1, -0.05) is 6.07 Å². The van der Waals surface area contributed by atoms with Crippen molar-refractivity contribution in [3.8, 4) is 0 Å². The summed E-state index contributed by atoms with van der Waals surface area (Å²) < 4.78 is 5.32. The van der Waals surface area contributed by atoms with Crippen LogP contribution < -0.4 is 4.90 Å². The monoisotopic (exact) mass is 226 g/mol. The minimum absolute atomic E-state index is 0.339. The second kappa shape index (κ2) is 4.81. The molecule has 4 heteroatoms. The van der Waals surface area contributed by atoms with Crippen LogP contribution >= 0.6 is 11.6 Å². The van der Waals surface area contributed by atoms with E-state index in [1.54, 1.807) is 7.11 Å². The summed E-state index contributed by atoms with van der Waals surface area (Å²) in [6, 6.07) is 5.97. The molecule has 1 aromatic heterocycles. The predicted octanol–water partition coefficient (Wildman–Crippen LogP) is 2.05. The normalized spacial score (nSPS) is 20.9. The molecule has 0 N–H and O–H groups in total. The molecular formula is C11H15ClN2O. The van der Waals surface area contributed by atoms with Crippen LogP contribution in [0.2, 0.25) is 0 Å². The van der Waals surface area contributed by atoms with Gasteiger partial charge in [-0.15, -0.1) is 11.6 Å². The fraction of sp³-hybridized carbons (Fsp3) is 0.545. The molecule has 0 amide bonds. The maximum Gasteiger partial charge on any atom is 0.128 e. The first-order chi connectivity index (χ1) is 7.33. The first-order valence-corrected chi connectivity index (χ1v) is 5.66. The van der Waals surface area contributed by atoms with Crippen molar-refractivity contribution < 1.29 is 4.74 Å². The minimum Gasteiger partial charge on any atom is -0.380 e. The number of ether oxygens (including phenoxy) is 1. The molecule has 1 atom stereocenters. The number of nitrogens with zero attached hydrogens (tertiary/aromatic N) is 2. The van der Waals surface area contributed by atoms with E-state index in [-0.39, 0.29) is 0 Å². The standard InChI is InChI=1S/C11H15ClN2O/c1-15-10-5-6-14(8-10)11-4-2-3-9(7-12)13-11/h2-4,10H,5-8H2,1H3. The van der Waals surface area contributed by atoms with Crippen molar-refractivity contribution in [2.24, 2.45) is 0 Å². The van der Waals surface area contributed by atoms with Gasteiger partial charge < -0.3 is 9.64 Å². The number of hydrogen-bond acceptors (Lipinski definition) is 3. The highest BCUT2D eigenvalue weighted by Crippen LogP contribution is 2.20. The Kier molecular flexibility index (Phi) is 3.44. The number of rotatable bonds is 3. The highest BCUT2D eigenvalue weighted by molar-refractivity contribution is 6.16. The van der Waals surface area contributed by atoms with Crippen molar-refractivity contribution in [2.45, 2.75) is 18.4 Å². The number of anilines is 1. The lowest BCUT2D eigenvalue weighted by molar-refractivity contribution is 0.121. The maximum atomic E-state index is 5.76. The minimum atomic E-state index is 0.339. The average Bonchev–Trinajstić information content (AvgIpc) is 2.78. The Balaban J connectivity index is 2.09. The van der Waals surface area contributed by atoms with Gasteiger partial charge in [-0.3, -0.25) is 0 Å². The third-order valence-corrected chi connectivity index (χ3v) is 3.01. The van der Waals surface area contributed by atoms with E-state index in [1.165, 1.54) is 0 Å². The molecule has 82 valence electrons. The highest BCUT2D eigenvalue weighted by Gasteiger charge is 2.22. The molecule has 1 fully saturated rings. The fourth-order valence-electron chi connectivity index (χ4n) is 1.85. The number of hydrogen-bond donors (Lipinski definition) is 0.